The molecular weight excluding hydrogens is 300 g/mol. The molecule has 1 amide bonds. The summed E-state index contributed by atoms with van der Waals surface area (Å²) in [5.74, 6) is -0.668. The number of benzene rings is 1. The molecule has 0 atom stereocenters. The average molecular weight is 309 g/mol. The number of carbonyl (C=O) groups is 1. The van der Waals surface area contributed by atoms with E-state index in [1.165, 1.54) is 28.4 Å². The van der Waals surface area contributed by atoms with Crippen molar-refractivity contribution in [2.24, 2.45) is 0 Å². The maximum absolute atomic E-state index is 11.7. The van der Waals surface area contributed by atoms with Crippen LogP contribution in [0.4, 0.5) is 0 Å². The van der Waals surface area contributed by atoms with Crippen LogP contribution in [0.1, 0.15) is 10.4 Å². The highest BCUT2D eigenvalue weighted by molar-refractivity contribution is 9.10. The number of hydroxylamine groups is 1. The lowest BCUT2D eigenvalue weighted by atomic mass is 10.2. The summed E-state index contributed by atoms with van der Waals surface area (Å²) in [5.41, 5.74) is 2.08. The highest BCUT2D eigenvalue weighted by Crippen LogP contribution is 2.14. The number of aromatic nitrogens is 1. The molecular formula is C12H9BrN2O3. The molecule has 0 unspecified atom stereocenters. The van der Waals surface area contributed by atoms with E-state index < -0.39 is 5.91 Å². The zero-order valence-corrected chi connectivity index (χ0v) is 10.7. The number of carbonyl (C=O) groups excluding carboxylic acids is 1. The Morgan fingerprint density at radius 3 is 2.72 bits per heavy atom. The monoisotopic (exact) mass is 308 g/mol. The number of hydrogen-bond donors (Lipinski definition) is 2. The molecule has 0 bridgehead atoms. The van der Waals surface area contributed by atoms with Gasteiger partial charge in [-0.3, -0.25) is 19.4 Å². The van der Waals surface area contributed by atoms with Crippen molar-refractivity contribution in [1.82, 2.24) is 10.0 Å². The lowest BCUT2D eigenvalue weighted by molar-refractivity contribution is 0.0705. The Labute approximate surface area is 111 Å². The van der Waals surface area contributed by atoms with Crippen molar-refractivity contribution in [3.63, 3.8) is 0 Å². The fourth-order valence-corrected chi connectivity index (χ4v) is 1.90. The number of halogens is 1. The van der Waals surface area contributed by atoms with Crippen LogP contribution in [0, 0.1) is 0 Å². The molecule has 0 aliphatic rings. The number of nitrogens with zero attached hydrogens (tertiary/aromatic N) is 1. The van der Waals surface area contributed by atoms with Gasteiger partial charge >= 0.3 is 0 Å². The first-order valence-corrected chi connectivity index (χ1v) is 5.84. The van der Waals surface area contributed by atoms with Gasteiger partial charge in [0.05, 0.1) is 5.56 Å². The summed E-state index contributed by atoms with van der Waals surface area (Å²) in [4.78, 5) is 23.0. The molecule has 0 fully saturated rings. The van der Waals surface area contributed by atoms with E-state index in [1.807, 2.05) is 6.07 Å². The summed E-state index contributed by atoms with van der Waals surface area (Å²) in [7, 11) is 0. The van der Waals surface area contributed by atoms with Crippen molar-refractivity contribution in [1.29, 1.82) is 0 Å². The second-order valence-corrected chi connectivity index (χ2v) is 4.46. The lowest BCUT2D eigenvalue weighted by Crippen LogP contribution is -2.23. The molecule has 0 aliphatic heterocycles. The van der Waals surface area contributed by atoms with Crippen LogP contribution in [0.3, 0.4) is 0 Å². The van der Waals surface area contributed by atoms with E-state index in [0.717, 1.165) is 4.47 Å². The van der Waals surface area contributed by atoms with Gasteiger partial charge < -0.3 is 0 Å². The highest BCUT2D eigenvalue weighted by Gasteiger charge is 2.07. The van der Waals surface area contributed by atoms with Crippen molar-refractivity contribution in [2.75, 3.05) is 0 Å². The summed E-state index contributed by atoms with van der Waals surface area (Å²) in [6.45, 7) is 0. The molecule has 2 aromatic rings. The minimum absolute atomic E-state index is 0.192. The van der Waals surface area contributed by atoms with Crippen molar-refractivity contribution < 1.29 is 10.0 Å². The molecule has 0 saturated heterocycles. The Hall–Kier alpha value is -1.92. The third kappa shape index (κ3) is 2.49. The predicted octanol–water partition coefficient (Wildman–Crippen LogP) is 1.72. The zero-order chi connectivity index (χ0) is 13.1. The minimum Gasteiger partial charge on any atom is -0.288 e. The molecule has 1 heterocycles. The third-order valence-electron chi connectivity index (χ3n) is 2.36. The molecule has 2 N–H and O–H groups in total. The van der Waals surface area contributed by atoms with Gasteiger partial charge in [0.2, 0.25) is 0 Å². The summed E-state index contributed by atoms with van der Waals surface area (Å²) in [5, 5.41) is 8.57. The average Bonchev–Trinajstić information content (AvgIpc) is 2.38. The molecule has 0 aliphatic carbocycles. The number of nitrogens with one attached hydrogen (secondary N) is 1. The zero-order valence-electron chi connectivity index (χ0n) is 9.13. The van der Waals surface area contributed by atoms with Gasteiger partial charge in [0.25, 0.3) is 11.5 Å². The van der Waals surface area contributed by atoms with Gasteiger partial charge in [-0.25, -0.2) is 5.48 Å². The Morgan fingerprint density at radius 2 is 2.06 bits per heavy atom. The Bertz CT molecular complexity index is 652. The van der Waals surface area contributed by atoms with Gasteiger partial charge in [-0.1, -0.05) is 22.0 Å². The maximum atomic E-state index is 11.7. The van der Waals surface area contributed by atoms with E-state index in [0.29, 0.717) is 5.69 Å². The lowest BCUT2D eigenvalue weighted by Gasteiger charge is -2.07. The van der Waals surface area contributed by atoms with Crippen LogP contribution in [0.2, 0.25) is 0 Å². The molecule has 6 heteroatoms. The Kier molecular flexibility index (Phi) is 3.59. The molecule has 0 spiro atoms. The molecule has 2 rings (SSSR count). The smallest absolute Gasteiger partial charge is 0.276 e. The van der Waals surface area contributed by atoms with Gasteiger partial charge in [0.1, 0.15) is 0 Å². The molecule has 1 aromatic carbocycles. The normalized spacial score (nSPS) is 10.1. The first-order chi connectivity index (χ1) is 8.61. The SMILES string of the molecule is O=C(NO)c1ccc(=O)n(-c2cccc(Br)c2)c1. The number of amides is 1. The maximum Gasteiger partial charge on any atom is 0.276 e. The highest BCUT2D eigenvalue weighted by atomic mass is 79.9. The Morgan fingerprint density at radius 1 is 1.28 bits per heavy atom. The van der Waals surface area contributed by atoms with Crippen LogP contribution >= 0.6 is 15.9 Å². The summed E-state index contributed by atoms with van der Waals surface area (Å²) in [6, 6.07) is 9.73. The second kappa shape index (κ2) is 5.16. The van der Waals surface area contributed by atoms with Crippen molar-refractivity contribution in [3.8, 4) is 5.69 Å². The van der Waals surface area contributed by atoms with Gasteiger partial charge in [-0.05, 0) is 24.3 Å². The molecule has 1 aromatic heterocycles. The molecule has 0 saturated carbocycles. The van der Waals surface area contributed by atoms with Crippen LogP contribution in [0.25, 0.3) is 5.69 Å². The third-order valence-corrected chi connectivity index (χ3v) is 2.85. The predicted molar refractivity (Wildman–Crippen MR) is 69.0 cm³/mol. The number of pyridine rings is 1. The van der Waals surface area contributed by atoms with Gasteiger partial charge in [-0.15, -0.1) is 0 Å². The van der Waals surface area contributed by atoms with Crippen LogP contribution in [-0.4, -0.2) is 15.7 Å². The van der Waals surface area contributed by atoms with Crippen LogP contribution in [0.15, 0.2) is 51.9 Å². The second-order valence-electron chi connectivity index (χ2n) is 3.55. The number of rotatable bonds is 2. The fraction of sp³-hybridized carbons (Fsp3) is 0. The quantitative estimate of drug-likeness (QED) is 0.655. The molecule has 18 heavy (non-hydrogen) atoms. The summed E-state index contributed by atoms with van der Waals surface area (Å²) >= 11 is 3.31. The Balaban J connectivity index is 2.57. The van der Waals surface area contributed by atoms with E-state index in [2.05, 4.69) is 15.9 Å². The van der Waals surface area contributed by atoms with E-state index in [9.17, 15) is 9.59 Å². The van der Waals surface area contributed by atoms with E-state index in [1.54, 1.807) is 18.2 Å². The number of hydrogen-bond acceptors (Lipinski definition) is 3. The molecule has 5 nitrogen and oxygen atoms in total. The molecule has 92 valence electrons. The first kappa shape index (κ1) is 12.5. The summed E-state index contributed by atoms with van der Waals surface area (Å²) < 4.78 is 2.15. The largest absolute Gasteiger partial charge is 0.288 e. The van der Waals surface area contributed by atoms with Gasteiger partial charge in [-0.2, -0.15) is 0 Å². The van der Waals surface area contributed by atoms with Crippen LogP contribution in [-0.2, 0) is 0 Å². The van der Waals surface area contributed by atoms with E-state index in [4.69, 9.17) is 5.21 Å². The first-order valence-electron chi connectivity index (χ1n) is 5.05. The minimum atomic E-state index is -0.668. The van der Waals surface area contributed by atoms with E-state index in [-0.39, 0.29) is 11.1 Å². The van der Waals surface area contributed by atoms with Crippen LogP contribution in [0.5, 0.6) is 0 Å². The molecule has 0 radical (unpaired) electrons. The van der Waals surface area contributed by atoms with Crippen LogP contribution < -0.4 is 11.0 Å². The van der Waals surface area contributed by atoms with Crippen molar-refractivity contribution >= 4 is 21.8 Å². The van der Waals surface area contributed by atoms with Gasteiger partial charge in [0.15, 0.2) is 0 Å². The van der Waals surface area contributed by atoms with Crippen molar-refractivity contribution in [3.05, 3.63) is 63.0 Å². The standard InChI is InChI=1S/C12H9BrN2O3/c13-9-2-1-3-10(6-9)15-7-8(12(17)14-18)4-5-11(15)16/h1-7,18H,(H,14,17). The van der Waals surface area contributed by atoms with E-state index >= 15 is 0 Å². The van der Waals surface area contributed by atoms with Gasteiger partial charge in [0, 0.05) is 22.4 Å². The topological polar surface area (TPSA) is 71.3 Å². The van der Waals surface area contributed by atoms with Crippen molar-refractivity contribution in [2.45, 2.75) is 0 Å². The fourth-order valence-electron chi connectivity index (χ4n) is 1.51. The summed E-state index contributed by atoms with van der Waals surface area (Å²) in [6.07, 6.45) is 1.37.